The second-order valence-corrected chi connectivity index (χ2v) is 7.21. The van der Waals surface area contributed by atoms with Crippen molar-refractivity contribution in [2.75, 3.05) is 0 Å². The monoisotopic (exact) mass is 347 g/mol. The lowest BCUT2D eigenvalue weighted by atomic mass is 9.62. The number of aliphatic carboxylic acids is 1. The van der Waals surface area contributed by atoms with Crippen molar-refractivity contribution in [1.29, 1.82) is 0 Å². The van der Waals surface area contributed by atoms with Crippen LogP contribution < -0.4 is 5.11 Å². The van der Waals surface area contributed by atoms with Crippen molar-refractivity contribution in [2.45, 2.75) is 52.4 Å². The molecular weight excluding hydrogens is 324 g/mol. The zero-order valence-electron chi connectivity index (χ0n) is 14.5. The third-order valence-electron chi connectivity index (χ3n) is 5.75. The molecule has 2 saturated carbocycles. The molecule has 0 aromatic carbocycles. The molecule has 0 amide bonds. The van der Waals surface area contributed by atoms with Gasteiger partial charge in [-0.15, -0.1) is 0 Å². The maximum atomic E-state index is 12.3. The first-order valence-corrected chi connectivity index (χ1v) is 8.55. The molecule has 0 bridgehead atoms. The highest BCUT2D eigenvalue weighted by molar-refractivity contribution is 5.96. The molecule has 0 heterocycles. The highest BCUT2D eigenvalue weighted by atomic mass is 16.4. The lowest BCUT2D eigenvalue weighted by Gasteiger charge is -2.39. The van der Waals surface area contributed by atoms with Crippen molar-refractivity contribution in [3.8, 4) is 0 Å². The average molecular weight is 347 g/mol. The van der Waals surface area contributed by atoms with Crippen LogP contribution in [0.15, 0.2) is 23.5 Å². The van der Waals surface area contributed by atoms with Crippen LogP contribution in [0, 0.1) is 17.3 Å². The first-order chi connectivity index (χ1) is 11.7. The SMILES string of the molecule is C/C(=C\C=C(/[O-])C(=O)O)C(=O)CC[C@@H]1C(=O)CC[C@]2(C)C(=O)CCC12. The second kappa shape index (κ2) is 7.33. The molecule has 0 aromatic rings. The van der Waals surface area contributed by atoms with Crippen LogP contribution in [0.5, 0.6) is 0 Å². The Kier molecular flexibility index (Phi) is 5.60. The number of rotatable bonds is 6. The highest BCUT2D eigenvalue weighted by Crippen LogP contribution is 2.52. The van der Waals surface area contributed by atoms with Crippen LogP contribution in [0.4, 0.5) is 0 Å². The van der Waals surface area contributed by atoms with Gasteiger partial charge in [-0.25, -0.2) is 4.79 Å². The average Bonchev–Trinajstić information content (AvgIpc) is 2.87. The molecule has 2 aliphatic carbocycles. The van der Waals surface area contributed by atoms with E-state index in [-0.39, 0.29) is 41.2 Å². The van der Waals surface area contributed by atoms with E-state index in [1.54, 1.807) is 0 Å². The number of hydrogen-bond acceptors (Lipinski definition) is 5. The normalized spacial score (nSPS) is 30.3. The summed E-state index contributed by atoms with van der Waals surface area (Å²) in [6, 6.07) is 0. The first-order valence-electron chi connectivity index (χ1n) is 8.55. The van der Waals surface area contributed by atoms with Gasteiger partial charge in [0, 0.05) is 30.6 Å². The van der Waals surface area contributed by atoms with Crippen molar-refractivity contribution in [3.05, 3.63) is 23.5 Å². The number of Topliss-reactive ketones (excluding diaryl/α,β-unsaturated/α-hetero) is 3. The summed E-state index contributed by atoms with van der Waals surface area (Å²) in [5, 5.41) is 19.5. The quantitative estimate of drug-likeness (QED) is 0.443. The van der Waals surface area contributed by atoms with E-state index in [0.29, 0.717) is 32.1 Å². The zero-order valence-corrected chi connectivity index (χ0v) is 14.5. The van der Waals surface area contributed by atoms with Gasteiger partial charge in [0.25, 0.3) is 0 Å². The molecule has 3 atom stereocenters. The third kappa shape index (κ3) is 3.89. The summed E-state index contributed by atoms with van der Waals surface area (Å²) in [6.45, 7) is 3.45. The molecule has 0 aromatic heterocycles. The van der Waals surface area contributed by atoms with Gasteiger partial charge in [0.1, 0.15) is 11.6 Å². The Morgan fingerprint density at radius 2 is 1.96 bits per heavy atom. The van der Waals surface area contributed by atoms with Gasteiger partial charge >= 0.3 is 5.97 Å². The van der Waals surface area contributed by atoms with Crippen LogP contribution in [-0.2, 0) is 19.2 Å². The van der Waals surface area contributed by atoms with Crippen LogP contribution in [0.3, 0.4) is 0 Å². The molecule has 2 aliphatic rings. The Bertz CT molecular complexity index is 671. The van der Waals surface area contributed by atoms with Gasteiger partial charge in [-0.1, -0.05) is 19.1 Å². The molecular formula is C19H23O6-. The Labute approximate surface area is 146 Å². The predicted octanol–water partition coefficient (Wildman–Crippen LogP) is 1.58. The van der Waals surface area contributed by atoms with Gasteiger partial charge in [0.05, 0.1) is 0 Å². The summed E-state index contributed by atoms with van der Waals surface area (Å²) in [5.74, 6) is -2.80. The second-order valence-electron chi connectivity index (χ2n) is 7.21. The van der Waals surface area contributed by atoms with Crippen molar-refractivity contribution < 1.29 is 29.4 Å². The molecule has 1 unspecified atom stereocenters. The Morgan fingerprint density at radius 3 is 2.60 bits per heavy atom. The summed E-state index contributed by atoms with van der Waals surface area (Å²) < 4.78 is 0. The summed E-state index contributed by atoms with van der Waals surface area (Å²) in [7, 11) is 0. The highest BCUT2D eigenvalue weighted by Gasteiger charge is 2.53. The van der Waals surface area contributed by atoms with Crippen molar-refractivity contribution in [2.24, 2.45) is 17.3 Å². The van der Waals surface area contributed by atoms with E-state index in [1.165, 1.54) is 13.0 Å². The largest absolute Gasteiger partial charge is 0.868 e. The molecule has 25 heavy (non-hydrogen) atoms. The Hall–Kier alpha value is -2.24. The van der Waals surface area contributed by atoms with Gasteiger partial charge in [-0.05, 0) is 43.4 Å². The fraction of sp³-hybridized carbons (Fsp3) is 0.579. The molecule has 0 aliphatic heterocycles. The van der Waals surface area contributed by atoms with Crippen LogP contribution >= 0.6 is 0 Å². The Balaban J connectivity index is 2.02. The minimum Gasteiger partial charge on any atom is -0.868 e. The van der Waals surface area contributed by atoms with Crippen LogP contribution in [0.25, 0.3) is 0 Å². The molecule has 6 nitrogen and oxygen atoms in total. The van der Waals surface area contributed by atoms with Gasteiger partial charge in [-0.2, -0.15) is 0 Å². The Morgan fingerprint density at radius 1 is 1.28 bits per heavy atom. The maximum absolute atomic E-state index is 12.3. The molecule has 2 rings (SSSR count). The fourth-order valence-electron chi connectivity index (χ4n) is 4.07. The lowest BCUT2D eigenvalue weighted by molar-refractivity contribution is -0.302. The topological polar surface area (TPSA) is 112 Å². The molecule has 1 N–H and O–H groups in total. The van der Waals surface area contributed by atoms with E-state index in [1.807, 2.05) is 6.92 Å². The lowest BCUT2D eigenvalue weighted by Crippen LogP contribution is -2.42. The number of hydrogen-bond donors (Lipinski definition) is 1. The number of carbonyl (C=O) groups excluding carboxylic acids is 3. The van der Waals surface area contributed by atoms with E-state index in [2.05, 4.69) is 0 Å². The number of allylic oxidation sites excluding steroid dienone is 3. The van der Waals surface area contributed by atoms with Gasteiger partial charge in [-0.3, -0.25) is 14.4 Å². The van der Waals surface area contributed by atoms with E-state index in [9.17, 15) is 24.3 Å². The zero-order chi connectivity index (χ0) is 18.8. The molecule has 0 radical (unpaired) electrons. The number of ketones is 3. The van der Waals surface area contributed by atoms with Crippen molar-refractivity contribution in [1.82, 2.24) is 0 Å². The predicted molar refractivity (Wildman–Crippen MR) is 87.3 cm³/mol. The summed E-state index contributed by atoms with van der Waals surface area (Å²) >= 11 is 0. The smallest absolute Gasteiger partial charge is 0.320 e. The first kappa shape index (κ1) is 19.1. The van der Waals surface area contributed by atoms with E-state index in [0.717, 1.165) is 6.08 Å². The van der Waals surface area contributed by atoms with Gasteiger partial charge < -0.3 is 10.2 Å². The summed E-state index contributed by atoms with van der Waals surface area (Å²) in [6.07, 6.45) is 4.79. The van der Waals surface area contributed by atoms with Crippen LogP contribution in [-0.4, -0.2) is 28.4 Å². The van der Waals surface area contributed by atoms with Crippen molar-refractivity contribution >= 4 is 23.3 Å². The van der Waals surface area contributed by atoms with Crippen molar-refractivity contribution in [3.63, 3.8) is 0 Å². The standard InChI is InChI=1S/C19H24O6/c1-11(3-6-16(22)18(24)25)14(20)7-4-12-13-5-8-17(23)19(13,2)10-9-15(12)21/h3,6,12-13,22H,4-5,7-10H2,1-2H3,(H,24,25)/p-1/b11-3+,16-6-/t12-,13?,19-/m0/s1. The van der Waals surface area contributed by atoms with Crippen LogP contribution in [0.2, 0.25) is 0 Å². The number of fused-ring (bicyclic) bond motifs is 1. The van der Waals surface area contributed by atoms with E-state index >= 15 is 0 Å². The minimum absolute atomic E-state index is 0.0125. The summed E-state index contributed by atoms with van der Waals surface area (Å²) in [5.41, 5.74) is -0.156. The number of carbonyl (C=O) groups is 4. The molecule has 0 saturated heterocycles. The molecule has 0 spiro atoms. The third-order valence-corrected chi connectivity index (χ3v) is 5.75. The maximum Gasteiger partial charge on any atom is 0.320 e. The number of carboxylic acids is 1. The summed E-state index contributed by atoms with van der Waals surface area (Å²) in [4.78, 5) is 47.1. The molecule has 136 valence electrons. The fourth-order valence-corrected chi connectivity index (χ4v) is 4.07. The minimum atomic E-state index is -1.57. The van der Waals surface area contributed by atoms with Crippen LogP contribution in [0.1, 0.15) is 52.4 Å². The van der Waals surface area contributed by atoms with E-state index < -0.39 is 17.1 Å². The van der Waals surface area contributed by atoms with Gasteiger partial charge in [0.15, 0.2) is 5.78 Å². The molecule has 6 heteroatoms. The number of carboxylic acid groups (broad SMARTS) is 1. The van der Waals surface area contributed by atoms with Gasteiger partial charge in [0.2, 0.25) is 0 Å². The molecule has 2 fully saturated rings. The van der Waals surface area contributed by atoms with E-state index in [4.69, 9.17) is 5.11 Å².